The zero-order valence-corrected chi connectivity index (χ0v) is 13.3. The van der Waals surface area contributed by atoms with Crippen LogP contribution in [0.4, 0.5) is 17.1 Å². The molecule has 0 saturated carbocycles. The van der Waals surface area contributed by atoms with Gasteiger partial charge in [0.25, 0.3) is 5.69 Å². The van der Waals surface area contributed by atoms with Crippen molar-refractivity contribution >= 4 is 33.0 Å². The number of nitro groups is 1. The molecule has 0 spiro atoms. The smallest absolute Gasteiger partial charge is 0.273 e. The summed E-state index contributed by atoms with van der Waals surface area (Å²) in [6.45, 7) is 2.96. The second-order valence-corrected chi connectivity index (χ2v) is 5.34. The number of nitrogens with one attached hydrogen (secondary N) is 1. The van der Waals surface area contributed by atoms with Crippen LogP contribution in [0.15, 0.2) is 29.0 Å². The van der Waals surface area contributed by atoms with Crippen molar-refractivity contribution in [3.8, 4) is 0 Å². The van der Waals surface area contributed by atoms with Crippen LogP contribution < -0.4 is 5.32 Å². The highest BCUT2D eigenvalue weighted by molar-refractivity contribution is 9.10. The lowest BCUT2D eigenvalue weighted by molar-refractivity contribution is -0.385. The zero-order chi connectivity index (χ0) is 15.4. The lowest BCUT2D eigenvalue weighted by Gasteiger charge is -2.08. The van der Waals surface area contributed by atoms with E-state index in [0.29, 0.717) is 23.2 Å². The lowest BCUT2D eigenvalue weighted by Crippen LogP contribution is -2.03. The number of benzene rings is 1. The topological polar surface area (TPSA) is 82.2 Å². The van der Waals surface area contributed by atoms with Gasteiger partial charge in [0.15, 0.2) is 0 Å². The Morgan fingerprint density at radius 2 is 2.29 bits per heavy atom. The normalized spacial score (nSPS) is 10.6. The first kappa shape index (κ1) is 15.5. The minimum Gasteiger partial charge on any atom is -0.383 e. The Kier molecular flexibility index (Phi) is 4.92. The van der Waals surface area contributed by atoms with E-state index in [9.17, 15) is 10.1 Å². The maximum atomic E-state index is 10.9. The fourth-order valence-electron chi connectivity index (χ4n) is 1.85. The molecule has 2 aromatic rings. The quantitative estimate of drug-likeness (QED) is 0.635. The number of hydrogen-bond acceptors (Lipinski definition) is 5. The number of nitrogens with zero attached hydrogens (tertiary/aromatic N) is 3. The maximum absolute atomic E-state index is 10.9. The van der Waals surface area contributed by atoms with E-state index in [0.717, 1.165) is 11.4 Å². The highest BCUT2D eigenvalue weighted by atomic mass is 79.9. The van der Waals surface area contributed by atoms with Gasteiger partial charge in [-0.2, -0.15) is 5.10 Å². The van der Waals surface area contributed by atoms with Gasteiger partial charge in [-0.15, -0.1) is 0 Å². The van der Waals surface area contributed by atoms with Crippen LogP contribution in [-0.2, 0) is 11.3 Å². The van der Waals surface area contributed by atoms with E-state index >= 15 is 0 Å². The molecule has 112 valence electrons. The molecule has 0 fully saturated rings. The summed E-state index contributed by atoms with van der Waals surface area (Å²) in [7, 11) is 1.64. The van der Waals surface area contributed by atoms with E-state index in [4.69, 9.17) is 4.74 Å². The summed E-state index contributed by atoms with van der Waals surface area (Å²) in [6.07, 6.45) is 3.54. The van der Waals surface area contributed by atoms with Gasteiger partial charge < -0.3 is 10.1 Å². The van der Waals surface area contributed by atoms with Gasteiger partial charge in [-0.25, -0.2) is 0 Å². The van der Waals surface area contributed by atoms with Gasteiger partial charge in [-0.1, -0.05) is 0 Å². The molecule has 0 aliphatic carbocycles. The summed E-state index contributed by atoms with van der Waals surface area (Å²) in [5.74, 6) is 0. The number of nitro benzene ring substituents is 1. The van der Waals surface area contributed by atoms with Gasteiger partial charge >= 0.3 is 0 Å². The molecule has 1 aromatic carbocycles. The van der Waals surface area contributed by atoms with Crippen LogP contribution in [0.3, 0.4) is 0 Å². The second-order valence-electron chi connectivity index (χ2n) is 4.49. The Morgan fingerprint density at radius 1 is 1.52 bits per heavy atom. The Morgan fingerprint density at radius 3 is 2.95 bits per heavy atom. The molecular formula is C13H15BrN4O3. The van der Waals surface area contributed by atoms with Crippen molar-refractivity contribution in [2.75, 3.05) is 19.0 Å². The molecule has 0 unspecified atom stereocenters. The summed E-state index contributed by atoms with van der Waals surface area (Å²) < 4.78 is 7.38. The Balaban J connectivity index is 2.18. The van der Waals surface area contributed by atoms with Crippen molar-refractivity contribution < 1.29 is 9.66 Å². The fraction of sp³-hybridized carbons (Fsp3) is 0.308. The monoisotopic (exact) mass is 354 g/mol. The lowest BCUT2D eigenvalue weighted by atomic mass is 10.2. The third-order valence-electron chi connectivity index (χ3n) is 2.92. The van der Waals surface area contributed by atoms with Crippen LogP contribution in [-0.4, -0.2) is 28.4 Å². The summed E-state index contributed by atoms with van der Waals surface area (Å²) in [5.41, 5.74) is 2.24. The molecule has 1 heterocycles. The predicted octanol–water partition coefficient (Wildman–Crippen LogP) is 3.25. The highest BCUT2D eigenvalue weighted by Gasteiger charge is 2.14. The molecule has 0 bridgehead atoms. The van der Waals surface area contributed by atoms with Crippen LogP contribution in [0.2, 0.25) is 0 Å². The van der Waals surface area contributed by atoms with E-state index in [2.05, 4.69) is 26.3 Å². The summed E-state index contributed by atoms with van der Waals surface area (Å²) >= 11 is 3.34. The highest BCUT2D eigenvalue weighted by Crippen LogP contribution is 2.32. The average molecular weight is 355 g/mol. The maximum Gasteiger partial charge on any atom is 0.273 e. The minimum atomic E-state index is -0.396. The van der Waals surface area contributed by atoms with Crippen molar-refractivity contribution in [1.82, 2.24) is 9.78 Å². The molecule has 0 radical (unpaired) electrons. The first-order chi connectivity index (χ1) is 10.0. The van der Waals surface area contributed by atoms with E-state index < -0.39 is 4.92 Å². The molecule has 0 saturated heterocycles. The van der Waals surface area contributed by atoms with E-state index in [1.807, 2.05) is 6.20 Å². The van der Waals surface area contributed by atoms with Gasteiger partial charge in [0.1, 0.15) is 0 Å². The van der Waals surface area contributed by atoms with Gasteiger partial charge in [0, 0.05) is 29.4 Å². The standard InChI is InChI=1S/C13H15BrN4O3/c1-9-5-12(11(14)6-13(9)18(19)20)16-10-7-15-17(8-10)3-4-21-2/h5-8,16H,3-4H2,1-2H3. The van der Waals surface area contributed by atoms with Gasteiger partial charge in [0.2, 0.25) is 0 Å². The largest absolute Gasteiger partial charge is 0.383 e. The van der Waals surface area contributed by atoms with Crippen LogP contribution in [0.1, 0.15) is 5.56 Å². The van der Waals surface area contributed by atoms with E-state index in [1.54, 1.807) is 31.0 Å². The van der Waals surface area contributed by atoms with Crippen molar-refractivity contribution in [2.24, 2.45) is 0 Å². The zero-order valence-electron chi connectivity index (χ0n) is 11.7. The molecule has 0 amide bonds. The van der Waals surface area contributed by atoms with Crippen molar-refractivity contribution in [1.29, 1.82) is 0 Å². The Labute approximate surface area is 130 Å². The molecule has 2 rings (SSSR count). The number of methoxy groups -OCH3 is 1. The predicted molar refractivity (Wildman–Crippen MR) is 82.9 cm³/mol. The summed E-state index contributed by atoms with van der Waals surface area (Å²) in [6, 6.07) is 3.22. The van der Waals surface area contributed by atoms with Gasteiger partial charge in [-0.05, 0) is 28.9 Å². The van der Waals surface area contributed by atoms with Crippen LogP contribution in [0, 0.1) is 17.0 Å². The molecule has 0 aliphatic heterocycles. The average Bonchev–Trinajstić information content (AvgIpc) is 2.87. The number of rotatable bonds is 6. The van der Waals surface area contributed by atoms with E-state index in [1.165, 1.54) is 6.07 Å². The number of halogens is 1. The first-order valence-corrected chi connectivity index (χ1v) is 7.03. The number of anilines is 2. The minimum absolute atomic E-state index is 0.0863. The van der Waals surface area contributed by atoms with Crippen LogP contribution in [0.5, 0.6) is 0 Å². The van der Waals surface area contributed by atoms with Crippen molar-refractivity contribution in [3.05, 3.63) is 44.7 Å². The van der Waals surface area contributed by atoms with Gasteiger partial charge in [-0.3, -0.25) is 14.8 Å². The fourth-order valence-corrected chi connectivity index (χ4v) is 2.28. The van der Waals surface area contributed by atoms with Gasteiger partial charge in [0.05, 0.1) is 35.6 Å². The van der Waals surface area contributed by atoms with Crippen molar-refractivity contribution in [2.45, 2.75) is 13.5 Å². The molecule has 0 atom stereocenters. The molecule has 0 aliphatic rings. The molecule has 1 N–H and O–H groups in total. The number of aryl methyl sites for hydroxylation is 1. The second kappa shape index (κ2) is 6.68. The Bertz CT molecular complexity index is 657. The number of aromatic nitrogens is 2. The first-order valence-electron chi connectivity index (χ1n) is 6.24. The van der Waals surface area contributed by atoms with E-state index in [-0.39, 0.29) is 5.69 Å². The molecular weight excluding hydrogens is 340 g/mol. The molecule has 8 heteroatoms. The third-order valence-corrected chi connectivity index (χ3v) is 3.58. The molecule has 21 heavy (non-hydrogen) atoms. The SMILES string of the molecule is COCCn1cc(Nc2cc(C)c([N+](=O)[O-])cc2Br)cn1. The number of hydrogen-bond donors (Lipinski definition) is 1. The summed E-state index contributed by atoms with van der Waals surface area (Å²) in [5, 5.41) is 18.3. The number of ether oxygens (including phenoxy) is 1. The Hall–Kier alpha value is -1.93. The van der Waals surface area contributed by atoms with Crippen LogP contribution in [0.25, 0.3) is 0 Å². The van der Waals surface area contributed by atoms with Crippen molar-refractivity contribution in [3.63, 3.8) is 0 Å². The van der Waals surface area contributed by atoms with Crippen LogP contribution >= 0.6 is 15.9 Å². The third kappa shape index (κ3) is 3.79. The molecule has 1 aromatic heterocycles. The molecule has 7 nitrogen and oxygen atoms in total. The summed E-state index contributed by atoms with van der Waals surface area (Å²) in [4.78, 5) is 10.5.